The van der Waals surface area contributed by atoms with Crippen molar-refractivity contribution < 1.29 is 19.8 Å². The van der Waals surface area contributed by atoms with Gasteiger partial charge in [0.15, 0.2) is 5.78 Å². The molecule has 2 aromatic carbocycles. The number of carbonyl (C=O) groups excluding carboxylic acids is 1. The first-order valence-corrected chi connectivity index (χ1v) is 7.97. The monoisotopic (exact) mass is 325 g/mol. The van der Waals surface area contributed by atoms with Gasteiger partial charge in [0.05, 0.1) is 11.7 Å². The fourth-order valence-electron chi connectivity index (χ4n) is 3.13. The molecule has 2 aromatic rings. The minimum Gasteiger partial charge on any atom is -0.478 e. The molecule has 0 aromatic heterocycles. The lowest BCUT2D eigenvalue weighted by atomic mass is 9.97. The fourth-order valence-corrected chi connectivity index (χ4v) is 3.13. The van der Waals surface area contributed by atoms with Gasteiger partial charge in [-0.15, -0.1) is 0 Å². The Balaban J connectivity index is 1.92. The third-order valence-electron chi connectivity index (χ3n) is 4.34. The lowest BCUT2D eigenvalue weighted by Crippen LogP contribution is -2.19. The number of carboxylic acid groups (broad SMARTS) is 1. The number of aliphatic hydroxyl groups is 1. The molecule has 5 nitrogen and oxygen atoms in total. The SMILES string of the molecule is O=C(O)c1ccccc1C(=O)c1ccccc1NC1CCC(O)C1. The van der Waals surface area contributed by atoms with Crippen molar-refractivity contribution in [1.29, 1.82) is 0 Å². The highest BCUT2D eigenvalue weighted by Gasteiger charge is 2.25. The van der Waals surface area contributed by atoms with Gasteiger partial charge in [0.1, 0.15) is 0 Å². The predicted molar refractivity (Wildman–Crippen MR) is 90.5 cm³/mol. The van der Waals surface area contributed by atoms with Crippen molar-refractivity contribution in [3.63, 3.8) is 0 Å². The van der Waals surface area contributed by atoms with E-state index < -0.39 is 5.97 Å². The Hall–Kier alpha value is -2.66. The van der Waals surface area contributed by atoms with Crippen LogP contribution < -0.4 is 5.32 Å². The Morgan fingerprint density at radius 1 is 0.917 bits per heavy atom. The van der Waals surface area contributed by atoms with Crippen LogP contribution in [0.25, 0.3) is 0 Å². The molecule has 0 heterocycles. The predicted octanol–water partition coefficient (Wildman–Crippen LogP) is 2.94. The van der Waals surface area contributed by atoms with Gasteiger partial charge in [-0.25, -0.2) is 4.79 Å². The molecule has 0 saturated heterocycles. The summed E-state index contributed by atoms with van der Waals surface area (Å²) >= 11 is 0. The summed E-state index contributed by atoms with van der Waals surface area (Å²) in [6.07, 6.45) is 1.93. The molecule has 1 fully saturated rings. The molecule has 1 saturated carbocycles. The minimum absolute atomic E-state index is 0.00593. The lowest BCUT2D eigenvalue weighted by molar-refractivity contribution is 0.0692. The number of para-hydroxylation sites is 1. The van der Waals surface area contributed by atoms with Crippen molar-refractivity contribution in [2.45, 2.75) is 31.4 Å². The molecule has 0 radical (unpaired) electrons. The molecule has 2 unspecified atom stereocenters. The summed E-state index contributed by atoms with van der Waals surface area (Å²) in [6, 6.07) is 13.4. The number of carbonyl (C=O) groups is 2. The maximum Gasteiger partial charge on any atom is 0.336 e. The highest BCUT2D eigenvalue weighted by atomic mass is 16.4. The lowest BCUT2D eigenvalue weighted by Gasteiger charge is -2.17. The molecule has 0 bridgehead atoms. The van der Waals surface area contributed by atoms with Crippen LogP contribution in [-0.2, 0) is 0 Å². The molecule has 24 heavy (non-hydrogen) atoms. The van der Waals surface area contributed by atoms with Crippen LogP contribution in [0.15, 0.2) is 48.5 Å². The molecule has 5 heteroatoms. The summed E-state index contributed by atoms with van der Waals surface area (Å²) in [4.78, 5) is 24.2. The number of carboxylic acids is 1. The third-order valence-corrected chi connectivity index (χ3v) is 4.34. The number of benzene rings is 2. The van der Waals surface area contributed by atoms with E-state index in [0.29, 0.717) is 17.7 Å². The first-order valence-electron chi connectivity index (χ1n) is 7.97. The van der Waals surface area contributed by atoms with Crippen LogP contribution in [0.4, 0.5) is 5.69 Å². The second-order valence-electron chi connectivity index (χ2n) is 6.03. The highest BCUT2D eigenvalue weighted by Crippen LogP contribution is 2.27. The average Bonchev–Trinajstić information content (AvgIpc) is 2.99. The summed E-state index contributed by atoms with van der Waals surface area (Å²) in [7, 11) is 0. The van der Waals surface area contributed by atoms with Gasteiger partial charge < -0.3 is 15.5 Å². The number of anilines is 1. The molecule has 0 aliphatic heterocycles. The molecule has 0 amide bonds. The fraction of sp³-hybridized carbons (Fsp3) is 0.263. The van der Waals surface area contributed by atoms with Gasteiger partial charge in [-0.2, -0.15) is 0 Å². The van der Waals surface area contributed by atoms with Gasteiger partial charge in [0, 0.05) is 22.9 Å². The Morgan fingerprint density at radius 2 is 1.54 bits per heavy atom. The molecule has 2 atom stereocenters. The Kier molecular flexibility index (Phi) is 4.62. The van der Waals surface area contributed by atoms with Crippen LogP contribution in [0, 0.1) is 0 Å². The zero-order chi connectivity index (χ0) is 17.1. The van der Waals surface area contributed by atoms with E-state index in [4.69, 9.17) is 0 Å². The Labute approximate surface area is 139 Å². The molecule has 1 aliphatic rings. The second kappa shape index (κ2) is 6.84. The topological polar surface area (TPSA) is 86.6 Å². The summed E-state index contributed by atoms with van der Waals surface area (Å²) in [6.45, 7) is 0. The van der Waals surface area contributed by atoms with E-state index in [0.717, 1.165) is 12.8 Å². The van der Waals surface area contributed by atoms with Gasteiger partial charge in [-0.3, -0.25) is 4.79 Å². The van der Waals surface area contributed by atoms with Gasteiger partial charge in [0.25, 0.3) is 0 Å². The average molecular weight is 325 g/mol. The first-order chi connectivity index (χ1) is 11.6. The largest absolute Gasteiger partial charge is 0.478 e. The van der Waals surface area contributed by atoms with Crippen LogP contribution in [-0.4, -0.2) is 34.1 Å². The third kappa shape index (κ3) is 3.31. The van der Waals surface area contributed by atoms with Crippen LogP contribution in [0.5, 0.6) is 0 Å². The normalized spacial score (nSPS) is 19.9. The molecule has 124 valence electrons. The molecular formula is C19H19NO4. The molecular weight excluding hydrogens is 306 g/mol. The van der Waals surface area contributed by atoms with Gasteiger partial charge in [-0.05, 0) is 37.5 Å². The van der Waals surface area contributed by atoms with Crippen molar-refractivity contribution in [2.24, 2.45) is 0 Å². The highest BCUT2D eigenvalue weighted by molar-refractivity contribution is 6.16. The van der Waals surface area contributed by atoms with Crippen molar-refractivity contribution in [3.05, 3.63) is 65.2 Å². The maximum absolute atomic E-state index is 12.9. The first kappa shape index (κ1) is 16.2. The smallest absolute Gasteiger partial charge is 0.336 e. The van der Waals surface area contributed by atoms with E-state index >= 15 is 0 Å². The molecule has 3 N–H and O–H groups in total. The van der Waals surface area contributed by atoms with E-state index in [1.54, 1.807) is 30.3 Å². The van der Waals surface area contributed by atoms with Gasteiger partial charge in [0.2, 0.25) is 0 Å². The Morgan fingerprint density at radius 3 is 2.17 bits per heavy atom. The number of ketones is 1. The maximum atomic E-state index is 12.9. The standard InChI is InChI=1S/C19H19NO4/c21-13-10-9-12(11-13)20-17-8-4-3-7-16(17)18(22)14-5-1-2-6-15(14)19(23)24/h1-8,12-13,20-21H,9-11H2,(H,23,24). The van der Waals surface area contributed by atoms with Crippen molar-refractivity contribution >= 4 is 17.4 Å². The van der Waals surface area contributed by atoms with Crippen LogP contribution in [0.3, 0.4) is 0 Å². The molecule has 0 spiro atoms. The number of hydrogen-bond donors (Lipinski definition) is 3. The van der Waals surface area contributed by atoms with E-state index in [9.17, 15) is 19.8 Å². The van der Waals surface area contributed by atoms with Crippen molar-refractivity contribution in [2.75, 3.05) is 5.32 Å². The Bertz CT molecular complexity index is 771. The van der Waals surface area contributed by atoms with E-state index in [2.05, 4.69) is 5.32 Å². The minimum atomic E-state index is -1.12. The summed E-state index contributed by atoms with van der Waals surface area (Å²) in [5, 5.41) is 22.3. The zero-order valence-corrected chi connectivity index (χ0v) is 13.1. The van der Waals surface area contributed by atoms with E-state index in [-0.39, 0.29) is 29.1 Å². The van der Waals surface area contributed by atoms with Crippen LogP contribution in [0.2, 0.25) is 0 Å². The summed E-state index contributed by atoms with van der Waals surface area (Å²) in [5.41, 5.74) is 1.27. The second-order valence-corrected chi connectivity index (χ2v) is 6.03. The summed E-state index contributed by atoms with van der Waals surface area (Å²) < 4.78 is 0. The van der Waals surface area contributed by atoms with Crippen molar-refractivity contribution in [1.82, 2.24) is 0 Å². The number of aliphatic hydroxyl groups excluding tert-OH is 1. The number of rotatable bonds is 5. The van der Waals surface area contributed by atoms with Gasteiger partial charge in [-0.1, -0.05) is 30.3 Å². The van der Waals surface area contributed by atoms with E-state index in [1.807, 2.05) is 6.07 Å². The summed E-state index contributed by atoms with van der Waals surface area (Å²) in [5.74, 6) is -1.45. The van der Waals surface area contributed by atoms with Crippen LogP contribution >= 0.6 is 0 Å². The van der Waals surface area contributed by atoms with Crippen molar-refractivity contribution in [3.8, 4) is 0 Å². The molecule has 3 rings (SSSR count). The zero-order valence-electron chi connectivity index (χ0n) is 13.1. The van der Waals surface area contributed by atoms with Gasteiger partial charge >= 0.3 is 5.97 Å². The van der Waals surface area contributed by atoms with Crippen LogP contribution in [0.1, 0.15) is 45.5 Å². The number of hydrogen-bond acceptors (Lipinski definition) is 4. The number of nitrogens with one attached hydrogen (secondary N) is 1. The van der Waals surface area contributed by atoms with E-state index in [1.165, 1.54) is 12.1 Å². The molecule has 1 aliphatic carbocycles. The number of aromatic carboxylic acids is 1. The quantitative estimate of drug-likeness (QED) is 0.736.